The summed E-state index contributed by atoms with van der Waals surface area (Å²) in [5, 5.41) is 9.85. The largest absolute Gasteiger partial charge is 0.490 e. The standard InChI is InChI=1S/C14H20N2O4.C2HF3O2/c15-5-7-19-9-10-20-8-6-16-14(18)13-3-1-12(11-17)2-4-13;3-2(4,5)1(6)7/h1-4,11H,5-10,15H2,(H,16,18);(H,6,7). The van der Waals surface area contributed by atoms with Gasteiger partial charge in [-0.25, -0.2) is 4.79 Å². The van der Waals surface area contributed by atoms with Gasteiger partial charge in [-0.15, -0.1) is 0 Å². The molecule has 1 rings (SSSR count). The Labute approximate surface area is 153 Å². The lowest BCUT2D eigenvalue weighted by Crippen LogP contribution is -2.27. The van der Waals surface area contributed by atoms with Crippen LogP contribution in [0, 0.1) is 0 Å². The molecule has 4 N–H and O–H groups in total. The molecular weight excluding hydrogens is 373 g/mol. The number of benzene rings is 1. The number of nitrogens with two attached hydrogens (primary N) is 1. The molecule has 1 aromatic rings. The summed E-state index contributed by atoms with van der Waals surface area (Å²) in [7, 11) is 0. The molecule has 8 nitrogen and oxygen atoms in total. The fourth-order valence-corrected chi connectivity index (χ4v) is 1.46. The lowest BCUT2D eigenvalue weighted by atomic mass is 10.1. The molecule has 0 saturated heterocycles. The van der Waals surface area contributed by atoms with E-state index in [0.717, 1.165) is 6.29 Å². The van der Waals surface area contributed by atoms with Gasteiger partial charge in [-0.1, -0.05) is 12.1 Å². The highest BCUT2D eigenvalue weighted by atomic mass is 19.4. The minimum Gasteiger partial charge on any atom is -0.475 e. The Kier molecular flexibility index (Phi) is 12.4. The minimum atomic E-state index is -5.08. The first-order valence-corrected chi connectivity index (χ1v) is 7.71. The molecule has 1 aromatic carbocycles. The van der Waals surface area contributed by atoms with Crippen LogP contribution in [0.5, 0.6) is 0 Å². The number of alkyl halides is 3. The number of carbonyl (C=O) groups excluding carboxylic acids is 2. The van der Waals surface area contributed by atoms with E-state index in [1.54, 1.807) is 24.3 Å². The van der Waals surface area contributed by atoms with Crippen molar-refractivity contribution < 1.29 is 42.1 Å². The lowest BCUT2D eigenvalue weighted by Gasteiger charge is -2.07. The van der Waals surface area contributed by atoms with Crippen molar-refractivity contribution in [1.29, 1.82) is 0 Å². The van der Waals surface area contributed by atoms with Crippen LogP contribution in [-0.4, -0.2) is 69.0 Å². The van der Waals surface area contributed by atoms with Crippen LogP contribution in [0.15, 0.2) is 24.3 Å². The molecule has 152 valence electrons. The molecule has 11 heteroatoms. The third-order valence-electron chi connectivity index (χ3n) is 2.72. The predicted octanol–water partition coefficient (Wildman–Crippen LogP) is 0.854. The van der Waals surface area contributed by atoms with Gasteiger partial charge in [-0.05, 0) is 12.1 Å². The van der Waals surface area contributed by atoms with Gasteiger partial charge in [-0.2, -0.15) is 13.2 Å². The highest BCUT2D eigenvalue weighted by Crippen LogP contribution is 2.13. The number of amides is 1. The van der Waals surface area contributed by atoms with Gasteiger partial charge in [0.25, 0.3) is 5.91 Å². The quantitative estimate of drug-likeness (QED) is 0.397. The molecule has 0 saturated carbocycles. The average Bonchev–Trinajstić information content (AvgIpc) is 2.63. The third kappa shape index (κ3) is 12.5. The number of aliphatic carboxylic acids is 1. The summed E-state index contributed by atoms with van der Waals surface area (Å²) < 4.78 is 42.1. The van der Waals surface area contributed by atoms with Crippen molar-refractivity contribution in [1.82, 2.24) is 5.32 Å². The summed E-state index contributed by atoms with van der Waals surface area (Å²) in [5.41, 5.74) is 6.32. The van der Waals surface area contributed by atoms with Gasteiger partial charge >= 0.3 is 12.1 Å². The predicted molar refractivity (Wildman–Crippen MR) is 88.5 cm³/mol. The first-order valence-electron chi connectivity index (χ1n) is 7.71. The van der Waals surface area contributed by atoms with Crippen molar-refractivity contribution in [2.75, 3.05) is 39.5 Å². The maximum atomic E-state index is 11.7. The number of carboxylic acid groups (broad SMARTS) is 1. The molecule has 0 aliphatic heterocycles. The molecule has 0 heterocycles. The van der Waals surface area contributed by atoms with Crippen molar-refractivity contribution in [3.8, 4) is 0 Å². The van der Waals surface area contributed by atoms with E-state index in [1.165, 1.54) is 0 Å². The van der Waals surface area contributed by atoms with Gasteiger partial charge in [0, 0.05) is 24.2 Å². The van der Waals surface area contributed by atoms with Crippen molar-refractivity contribution in [2.45, 2.75) is 6.18 Å². The van der Waals surface area contributed by atoms with E-state index in [0.29, 0.717) is 50.6 Å². The van der Waals surface area contributed by atoms with E-state index in [1.807, 2.05) is 0 Å². The van der Waals surface area contributed by atoms with Gasteiger partial charge in [0.2, 0.25) is 0 Å². The second-order valence-corrected chi connectivity index (χ2v) is 4.81. The Bertz CT molecular complexity index is 579. The first-order chi connectivity index (χ1) is 12.7. The van der Waals surface area contributed by atoms with Crippen LogP contribution >= 0.6 is 0 Å². The zero-order chi connectivity index (χ0) is 20.7. The number of carbonyl (C=O) groups is 3. The van der Waals surface area contributed by atoms with Crippen molar-refractivity contribution >= 4 is 18.2 Å². The normalized spacial score (nSPS) is 10.5. The summed E-state index contributed by atoms with van der Waals surface area (Å²) >= 11 is 0. The average molecular weight is 394 g/mol. The smallest absolute Gasteiger partial charge is 0.475 e. The van der Waals surface area contributed by atoms with Gasteiger partial charge in [-0.3, -0.25) is 9.59 Å². The first kappa shape index (κ1) is 24.5. The van der Waals surface area contributed by atoms with Crippen LogP contribution in [0.25, 0.3) is 0 Å². The van der Waals surface area contributed by atoms with Crippen LogP contribution in [0.1, 0.15) is 20.7 Å². The Morgan fingerprint density at radius 3 is 2.04 bits per heavy atom. The number of hydrogen-bond donors (Lipinski definition) is 3. The third-order valence-corrected chi connectivity index (χ3v) is 2.72. The highest BCUT2D eigenvalue weighted by Gasteiger charge is 2.38. The molecule has 0 atom stereocenters. The number of carboxylic acids is 1. The number of rotatable bonds is 10. The van der Waals surface area contributed by atoms with Gasteiger partial charge in [0.05, 0.1) is 26.4 Å². The number of ether oxygens (including phenoxy) is 2. The second-order valence-electron chi connectivity index (χ2n) is 4.81. The van der Waals surface area contributed by atoms with Gasteiger partial charge < -0.3 is 25.6 Å². The summed E-state index contributed by atoms with van der Waals surface area (Å²) in [6.45, 7) is 2.84. The Morgan fingerprint density at radius 2 is 1.59 bits per heavy atom. The Morgan fingerprint density at radius 1 is 1.07 bits per heavy atom. The number of nitrogens with one attached hydrogen (secondary N) is 1. The molecule has 27 heavy (non-hydrogen) atoms. The Hall–Kier alpha value is -2.50. The molecule has 0 spiro atoms. The minimum absolute atomic E-state index is 0.189. The molecule has 0 fully saturated rings. The molecule has 0 radical (unpaired) electrons. The van der Waals surface area contributed by atoms with E-state index >= 15 is 0 Å². The number of aldehydes is 1. The summed E-state index contributed by atoms with van der Waals surface area (Å²) in [6, 6.07) is 6.43. The van der Waals surface area contributed by atoms with Gasteiger partial charge in [0.15, 0.2) is 0 Å². The van der Waals surface area contributed by atoms with E-state index in [9.17, 15) is 22.8 Å². The Balaban J connectivity index is 0.000000821. The highest BCUT2D eigenvalue weighted by molar-refractivity contribution is 5.94. The summed E-state index contributed by atoms with van der Waals surface area (Å²) in [5.74, 6) is -2.95. The van der Waals surface area contributed by atoms with Crippen molar-refractivity contribution in [3.63, 3.8) is 0 Å². The van der Waals surface area contributed by atoms with Crippen LogP contribution in [0.2, 0.25) is 0 Å². The van der Waals surface area contributed by atoms with Gasteiger partial charge in [0.1, 0.15) is 6.29 Å². The fourth-order valence-electron chi connectivity index (χ4n) is 1.46. The number of hydrogen-bond acceptors (Lipinski definition) is 6. The molecule has 1 amide bonds. The molecule has 0 aliphatic rings. The molecule has 0 aromatic heterocycles. The van der Waals surface area contributed by atoms with Crippen LogP contribution in [0.4, 0.5) is 13.2 Å². The SMILES string of the molecule is NCCOCCOCCNC(=O)c1ccc(C=O)cc1.O=C(O)C(F)(F)F. The molecule has 0 unspecified atom stereocenters. The van der Waals surface area contributed by atoms with E-state index in [4.69, 9.17) is 25.1 Å². The second kappa shape index (κ2) is 13.7. The monoisotopic (exact) mass is 394 g/mol. The van der Waals surface area contributed by atoms with Crippen LogP contribution < -0.4 is 11.1 Å². The molecule has 0 aliphatic carbocycles. The van der Waals surface area contributed by atoms with Crippen LogP contribution in [-0.2, 0) is 14.3 Å². The molecule has 0 bridgehead atoms. The lowest BCUT2D eigenvalue weighted by molar-refractivity contribution is -0.192. The summed E-state index contributed by atoms with van der Waals surface area (Å²) in [6.07, 6.45) is -4.34. The molecular formula is C16H21F3N2O6. The maximum Gasteiger partial charge on any atom is 0.490 e. The zero-order valence-corrected chi connectivity index (χ0v) is 14.3. The number of halogens is 3. The maximum absolute atomic E-state index is 11.7. The fraction of sp³-hybridized carbons (Fsp3) is 0.438. The topological polar surface area (TPSA) is 128 Å². The van der Waals surface area contributed by atoms with E-state index in [-0.39, 0.29) is 5.91 Å². The van der Waals surface area contributed by atoms with Crippen LogP contribution in [0.3, 0.4) is 0 Å². The van der Waals surface area contributed by atoms with E-state index < -0.39 is 12.1 Å². The zero-order valence-electron chi connectivity index (χ0n) is 14.3. The van der Waals surface area contributed by atoms with Crippen molar-refractivity contribution in [3.05, 3.63) is 35.4 Å². The van der Waals surface area contributed by atoms with E-state index in [2.05, 4.69) is 5.32 Å². The van der Waals surface area contributed by atoms with Crippen molar-refractivity contribution in [2.24, 2.45) is 5.73 Å². The summed E-state index contributed by atoms with van der Waals surface area (Å²) in [4.78, 5) is 31.1.